The molecular formula is C24H18N4O4S4. The van der Waals surface area contributed by atoms with Crippen LogP contribution in [0.2, 0.25) is 0 Å². The van der Waals surface area contributed by atoms with Crippen LogP contribution >= 0.6 is 47.0 Å². The van der Waals surface area contributed by atoms with Crippen LogP contribution in [0.15, 0.2) is 39.2 Å². The van der Waals surface area contributed by atoms with Gasteiger partial charge >= 0.3 is 11.9 Å². The first kappa shape index (κ1) is 27.6. The number of benzene rings is 1. The molecule has 0 bridgehead atoms. The number of ether oxygens (including phenoxy) is 2. The van der Waals surface area contributed by atoms with Gasteiger partial charge in [0.2, 0.25) is 0 Å². The number of hydrogen-bond donors (Lipinski definition) is 0. The van der Waals surface area contributed by atoms with Gasteiger partial charge in [-0.3, -0.25) is 9.59 Å². The first-order chi connectivity index (χ1) is 17.4. The van der Waals surface area contributed by atoms with Crippen molar-refractivity contribution in [2.45, 2.75) is 72.0 Å². The second kappa shape index (κ2) is 12.8. The summed E-state index contributed by atoms with van der Waals surface area (Å²) in [6.45, 7) is 3.90. The predicted molar refractivity (Wildman–Crippen MR) is 137 cm³/mol. The molecular weight excluding hydrogens is 537 g/mol. The number of nitriles is 4. The van der Waals surface area contributed by atoms with E-state index >= 15 is 0 Å². The van der Waals surface area contributed by atoms with Crippen molar-refractivity contribution in [2.24, 2.45) is 0 Å². The molecule has 0 aliphatic carbocycles. The summed E-state index contributed by atoms with van der Waals surface area (Å²) in [5, 5.41) is 37.6. The Morgan fingerprint density at radius 1 is 0.639 bits per heavy atom. The largest absolute Gasteiger partial charge is 0.424 e. The SMILES string of the molecule is CCCCC(=O)Oc1c2c(c(OC(=O)CCCC)c3c1SC(=C(C#N)C#N)S3)SC(=C(C#N)C#N)S2. The van der Waals surface area contributed by atoms with Crippen molar-refractivity contribution in [3.63, 3.8) is 0 Å². The van der Waals surface area contributed by atoms with Crippen molar-refractivity contribution < 1.29 is 19.1 Å². The maximum atomic E-state index is 12.6. The standard InChI is InChI=1S/C24H18N4O4S4/c1-3-5-7-15(29)31-17-19-21(35-23(33-19)13(9-25)10-26)18(32-16(30)8-6-4-2)22-20(17)34-24(36-22)14(11-27)12-28/h3-8H2,1-2H3. The molecule has 0 saturated heterocycles. The Kier molecular flexibility index (Phi) is 9.81. The van der Waals surface area contributed by atoms with Gasteiger partial charge in [0.05, 0.1) is 28.1 Å². The third-order valence-electron chi connectivity index (χ3n) is 4.77. The maximum Gasteiger partial charge on any atom is 0.311 e. The molecule has 2 aliphatic heterocycles. The van der Waals surface area contributed by atoms with Gasteiger partial charge in [0.25, 0.3) is 0 Å². The number of esters is 2. The molecule has 0 N–H and O–H groups in total. The molecule has 1 aromatic rings. The summed E-state index contributed by atoms with van der Waals surface area (Å²) in [5.74, 6) is -0.497. The summed E-state index contributed by atoms with van der Waals surface area (Å²) in [6, 6.07) is 7.48. The van der Waals surface area contributed by atoms with Crippen molar-refractivity contribution in [1.29, 1.82) is 21.0 Å². The number of unbranched alkanes of at least 4 members (excludes halogenated alkanes) is 2. The van der Waals surface area contributed by atoms with Crippen LogP contribution in [-0.4, -0.2) is 11.9 Å². The van der Waals surface area contributed by atoms with Crippen LogP contribution in [0.4, 0.5) is 0 Å². The lowest BCUT2D eigenvalue weighted by molar-refractivity contribution is -0.136. The molecule has 3 rings (SSSR count). The number of thioether (sulfide) groups is 4. The molecule has 0 atom stereocenters. The van der Waals surface area contributed by atoms with Crippen LogP contribution < -0.4 is 9.47 Å². The van der Waals surface area contributed by atoms with Crippen molar-refractivity contribution in [1.82, 2.24) is 0 Å². The number of carbonyl (C=O) groups excluding carboxylic acids is 2. The molecule has 0 radical (unpaired) electrons. The zero-order valence-corrected chi connectivity index (χ0v) is 22.6. The van der Waals surface area contributed by atoms with Gasteiger partial charge in [-0.25, -0.2) is 0 Å². The quantitative estimate of drug-likeness (QED) is 0.189. The number of hydrogen-bond acceptors (Lipinski definition) is 12. The zero-order chi connectivity index (χ0) is 26.2. The molecule has 0 amide bonds. The van der Waals surface area contributed by atoms with Gasteiger partial charge in [-0.1, -0.05) is 73.7 Å². The summed E-state index contributed by atoms with van der Waals surface area (Å²) in [5.41, 5.74) is -0.213. The van der Waals surface area contributed by atoms with Gasteiger partial charge in [0.15, 0.2) is 11.5 Å². The maximum absolute atomic E-state index is 12.6. The molecule has 0 unspecified atom stereocenters. The molecule has 0 spiro atoms. The molecule has 8 nitrogen and oxygen atoms in total. The van der Waals surface area contributed by atoms with Crippen LogP contribution in [-0.2, 0) is 9.59 Å². The van der Waals surface area contributed by atoms with Gasteiger partial charge in [0.1, 0.15) is 35.4 Å². The molecule has 1 aromatic carbocycles. The Hall–Kier alpha value is -3.00. The fourth-order valence-electron chi connectivity index (χ4n) is 3.00. The highest BCUT2D eigenvalue weighted by Gasteiger charge is 2.39. The Bertz CT molecular complexity index is 1180. The van der Waals surface area contributed by atoms with E-state index in [2.05, 4.69) is 0 Å². The second-order valence-corrected chi connectivity index (χ2v) is 11.9. The highest BCUT2D eigenvalue weighted by Crippen LogP contribution is 2.68. The smallest absolute Gasteiger partial charge is 0.311 e. The van der Waals surface area contributed by atoms with E-state index in [1.165, 1.54) is 0 Å². The van der Waals surface area contributed by atoms with E-state index in [0.717, 1.165) is 59.9 Å². The first-order valence-electron chi connectivity index (χ1n) is 10.9. The van der Waals surface area contributed by atoms with E-state index in [1.54, 1.807) is 0 Å². The first-order valence-corrected chi connectivity index (χ1v) is 14.1. The molecule has 0 fully saturated rings. The minimum Gasteiger partial charge on any atom is -0.424 e. The van der Waals surface area contributed by atoms with Crippen molar-refractivity contribution in [3.8, 4) is 35.8 Å². The molecule has 12 heteroatoms. The minimum absolute atomic E-state index is 0.106. The van der Waals surface area contributed by atoms with Crippen LogP contribution in [0, 0.1) is 45.3 Å². The summed E-state index contributed by atoms with van der Waals surface area (Å²) >= 11 is 4.37. The van der Waals surface area contributed by atoms with Crippen LogP contribution in [0.3, 0.4) is 0 Å². The number of allylic oxidation sites excluding steroid dienone is 2. The molecule has 2 aliphatic rings. The molecule has 36 heavy (non-hydrogen) atoms. The molecule has 2 heterocycles. The van der Waals surface area contributed by atoms with Crippen LogP contribution in [0.5, 0.6) is 11.5 Å². The highest BCUT2D eigenvalue weighted by molar-refractivity contribution is 8.26. The summed E-state index contributed by atoms with van der Waals surface area (Å²) in [7, 11) is 0. The lowest BCUT2D eigenvalue weighted by Crippen LogP contribution is -2.11. The van der Waals surface area contributed by atoms with Crippen LogP contribution in [0.1, 0.15) is 52.4 Å². The fourth-order valence-corrected chi connectivity index (χ4v) is 8.16. The van der Waals surface area contributed by atoms with Crippen molar-refractivity contribution in [2.75, 3.05) is 0 Å². The minimum atomic E-state index is -0.457. The lowest BCUT2D eigenvalue weighted by atomic mass is 10.2. The van der Waals surface area contributed by atoms with Gasteiger partial charge in [0, 0.05) is 12.8 Å². The van der Waals surface area contributed by atoms with Gasteiger partial charge in [-0.2, -0.15) is 21.0 Å². The van der Waals surface area contributed by atoms with E-state index in [9.17, 15) is 30.6 Å². The van der Waals surface area contributed by atoms with E-state index in [1.807, 2.05) is 38.1 Å². The Labute approximate surface area is 225 Å². The molecule has 182 valence electrons. The monoisotopic (exact) mass is 554 g/mol. The van der Waals surface area contributed by atoms with Crippen molar-refractivity contribution in [3.05, 3.63) is 19.6 Å². The normalized spacial score (nSPS) is 12.9. The molecule has 0 aromatic heterocycles. The second-order valence-electron chi connectivity index (χ2n) is 7.31. The van der Waals surface area contributed by atoms with Gasteiger partial charge in [-0.15, -0.1) is 0 Å². The van der Waals surface area contributed by atoms with E-state index in [4.69, 9.17) is 9.47 Å². The van der Waals surface area contributed by atoms with Gasteiger partial charge < -0.3 is 9.47 Å². The fraction of sp³-hybridized carbons (Fsp3) is 0.333. The van der Waals surface area contributed by atoms with E-state index < -0.39 is 11.9 Å². The van der Waals surface area contributed by atoms with Gasteiger partial charge in [-0.05, 0) is 12.8 Å². The van der Waals surface area contributed by atoms with E-state index in [0.29, 0.717) is 40.9 Å². The summed E-state index contributed by atoms with van der Waals surface area (Å²) < 4.78 is 12.4. The number of nitrogens with zero attached hydrogens (tertiary/aromatic N) is 4. The zero-order valence-electron chi connectivity index (χ0n) is 19.3. The molecule has 0 saturated carbocycles. The predicted octanol–water partition coefficient (Wildman–Crippen LogP) is 6.79. The van der Waals surface area contributed by atoms with Crippen molar-refractivity contribution >= 4 is 59.0 Å². The Balaban J connectivity index is 2.23. The number of rotatable bonds is 8. The third-order valence-corrected chi connectivity index (χ3v) is 9.96. The average molecular weight is 555 g/mol. The number of fused-ring (bicyclic) bond motifs is 2. The Morgan fingerprint density at radius 2 is 0.944 bits per heavy atom. The van der Waals surface area contributed by atoms with Crippen LogP contribution in [0.25, 0.3) is 0 Å². The Morgan fingerprint density at radius 3 is 1.19 bits per heavy atom. The number of carbonyl (C=O) groups is 2. The third kappa shape index (κ3) is 5.86. The highest BCUT2D eigenvalue weighted by atomic mass is 32.2. The van der Waals surface area contributed by atoms with E-state index in [-0.39, 0.29) is 35.5 Å². The summed E-state index contributed by atoms with van der Waals surface area (Å²) in [4.78, 5) is 27.1. The summed E-state index contributed by atoms with van der Waals surface area (Å²) in [6.07, 6.45) is 3.26. The lowest BCUT2D eigenvalue weighted by Gasteiger charge is -2.16. The average Bonchev–Trinajstić information content (AvgIpc) is 3.50. The topological polar surface area (TPSA) is 148 Å².